The Hall–Kier alpha value is -2.74. The topological polar surface area (TPSA) is 95.0 Å². The second-order valence-corrected chi connectivity index (χ2v) is 10.0. The molecule has 2 aliphatic rings. The number of aromatic amines is 1. The van der Waals surface area contributed by atoms with Crippen LogP contribution in [0.3, 0.4) is 0 Å². The van der Waals surface area contributed by atoms with E-state index in [9.17, 15) is 4.79 Å². The number of thiophene rings is 1. The summed E-state index contributed by atoms with van der Waals surface area (Å²) in [5.41, 5.74) is 0.917. The van der Waals surface area contributed by atoms with Crippen molar-refractivity contribution in [2.45, 2.75) is 44.9 Å². The first-order chi connectivity index (χ1) is 15.7. The number of anilines is 1. The molecule has 1 aliphatic carbocycles. The van der Waals surface area contributed by atoms with Gasteiger partial charge in [-0.15, -0.1) is 11.3 Å². The van der Waals surface area contributed by atoms with E-state index in [2.05, 4.69) is 32.2 Å². The SMILES string of the molecule is O=C(O)CC1CCC(C2CCN(c3ccc(-c4n[nH]c(-c5cccs5)n4)cn3)CC2)CC1. The van der Waals surface area contributed by atoms with E-state index >= 15 is 0 Å². The highest BCUT2D eigenvalue weighted by molar-refractivity contribution is 7.13. The van der Waals surface area contributed by atoms with E-state index in [0.29, 0.717) is 18.2 Å². The summed E-state index contributed by atoms with van der Waals surface area (Å²) in [6.07, 6.45) is 9.15. The largest absolute Gasteiger partial charge is 0.481 e. The van der Waals surface area contributed by atoms with E-state index in [-0.39, 0.29) is 0 Å². The van der Waals surface area contributed by atoms with Crippen molar-refractivity contribution in [1.82, 2.24) is 20.2 Å². The monoisotopic (exact) mass is 451 g/mol. The van der Waals surface area contributed by atoms with Crippen LogP contribution in [0, 0.1) is 17.8 Å². The Balaban J connectivity index is 1.14. The normalized spacial score (nSPS) is 22.2. The highest BCUT2D eigenvalue weighted by Gasteiger charge is 2.31. The van der Waals surface area contributed by atoms with Gasteiger partial charge in [0.1, 0.15) is 5.82 Å². The fourth-order valence-electron chi connectivity index (χ4n) is 5.33. The van der Waals surface area contributed by atoms with Crippen LogP contribution >= 0.6 is 11.3 Å². The smallest absolute Gasteiger partial charge is 0.303 e. The minimum absolute atomic E-state index is 0.343. The standard InChI is InChI=1S/C24H29N5O2S/c30-22(31)14-16-3-5-17(6-4-16)18-9-11-29(12-10-18)21-8-7-19(15-25-21)23-26-24(28-27-23)20-2-1-13-32-20/h1-2,7-8,13,15-18H,3-6,9-12,14H2,(H,30,31)(H,26,27,28). The highest BCUT2D eigenvalue weighted by Crippen LogP contribution is 2.39. The zero-order chi connectivity index (χ0) is 21.9. The fraction of sp³-hybridized carbons (Fsp3) is 0.500. The summed E-state index contributed by atoms with van der Waals surface area (Å²) in [5.74, 6) is 3.75. The van der Waals surface area contributed by atoms with E-state index in [1.54, 1.807) is 11.3 Å². The molecule has 1 saturated carbocycles. The van der Waals surface area contributed by atoms with Crippen molar-refractivity contribution in [2.75, 3.05) is 18.0 Å². The highest BCUT2D eigenvalue weighted by atomic mass is 32.1. The van der Waals surface area contributed by atoms with Crippen LogP contribution in [0.2, 0.25) is 0 Å². The molecule has 0 amide bonds. The molecule has 2 N–H and O–H groups in total. The fourth-order valence-corrected chi connectivity index (χ4v) is 5.99. The van der Waals surface area contributed by atoms with Crippen LogP contribution in [-0.4, -0.2) is 44.3 Å². The number of carboxylic acids is 1. The molecular weight excluding hydrogens is 422 g/mol. The molecular formula is C24H29N5O2S. The summed E-state index contributed by atoms with van der Waals surface area (Å²) in [7, 11) is 0. The third-order valence-electron chi connectivity index (χ3n) is 7.13. The number of rotatable bonds is 6. The van der Waals surface area contributed by atoms with Crippen LogP contribution in [-0.2, 0) is 4.79 Å². The predicted molar refractivity (Wildman–Crippen MR) is 126 cm³/mol. The van der Waals surface area contributed by atoms with E-state index in [0.717, 1.165) is 59.8 Å². The first-order valence-electron chi connectivity index (χ1n) is 11.5. The van der Waals surface area contributed by atoms with Gasteiger partial charge in [-0.1, -0.05) is 6.07 Å². The number of nitrogens with zero attached hydrogens (tertiary/aromatic N) is 4. The molecule has 168 valence electrons. The van der Waals surface area contributed by atoms with Gasteiger partial charge in [0.25, 0.3) is 0 Å². The van der Waals surface area contributed by atoms with Gasteiger partial charge < -0.3 is 10.0 Å². The molecule has 0 bridgehead atoms. The quantitative estimate of drug-likeness (QED) is 0.542. The number of hydrogen-bond donors (Lipinski definition) is 2. The van der Waals surface area contributed by atoms with E-state index < -0.39 is 5.97 Å². The molecule has 1 saturated heterocycles. The lowest BCUT2D eigenvalue weighted by atomic mass is 9.72. The van der Waals surface area contributed by atoms with Crippen molar-refractivity contribution in [3.8, 4) is 22.1 Å². The van der Waals surface area contributed by atoms with Crippen molar-refractivity contribution in [1.29, 1.82) is 0 Å². The molecule has 0 spiro atoms. The summed E-state index contributed by atoms with van der Waals surface area (Å²) >= 11 is 1.64. The predicted octanol–water partition coefficient (Wildman–Crippen LogP) is 5.09. The molecule has 7 nitrogen and oxygen atoms in total. The molecule has 8 heteroatoms. The van der Waals surface area contributed by atoms with Crippen LogP contribution in [0.5, 0.6) is 0 Å². The number of H-pyrrole nitrogens is 1. The summed E-state index contributed by atoms with van der Waals surface area (Å²) in [6, 6.07) is 8.17. The van der Waals surface area contributed by atoms with Crippen LogP contribution in [0.4, 0.5) is 5.82 Å². The minimum atomic E-state index is -0.647. The number of carboxylic acid groups (broad SMARTS) is 1. The first kappa shape index (κ1) is 21.1. The second-order valence-electron chi connectivity index (χ2n) is 9.09. The summed E-state index contributed by atoms with van der Waals surface area (Å²) < 4.78 is 0. The molecule has 0 atom stereocenters. The van der Waals surface area contributed by atoms with Crippen molar-refractivity contribution in [2.24, 2.45) is 17.8 Å². The Morgan fingerprint density at radius 1 is 1.09 bits per heavy atom. The first-order valence-corrected chi connectivity index (χ1v) is 12.4. The number of aliphatic carboxylic acids is 1. The average molecular weight is 452 g/mol. The maximum absolute atomic E-state index is 11.0. The summed E-state index contributed by atoms with van der Waals surface area (Å²) in [4.78, 5) is 23.7. The lowest BCUT2D eigenvalue weighted by Gasteiger charge is -2.39. The van der Waals surface area contributed by atoms with Crippen LogP contribution < -0.4 is 4.90 Å². The Labute approximate surface area is 191 Å². The Kier molecular flexibility index (Phi) is 6.21. The number of aromatic nitrogens is 4. The van der Waals surface area contributed by atoms with E-state index in [1.807, 2.05) is 23.7 Å². The second kappa shape index (κ2) is 9.40. The molecule has 5 rings (SSSR count). The van der Waals surface area contributed by atoms with Gasteiger partial charge >= 0.3 is 5.97 Å². The Morgan fingerprint density at radius 3 is 2.53 bits per heavy atom. The zero-order valence-electron chi connectivity index (χ0n) is 18.1. The number of nitrogens with one attached hydrogen (secondary N) is 1. The van der Waals surface area contributed by atoms with Gasteiger partial charge in [-0.25, -0.2) is 9.97 Å². The summed E-state index contributed by atoms with van der Waals surface area (Å²) in [6.45, 7) is 2.07. The molecule has 2 fully saturated rings. The van der Waals surface area contributed by atoms with Crippen molar-refractivity contribution in [3.05, 3.63) is 35.8 Å². The molecule has 3 aromatic rings. The van der Waals surface area contributed by atoms with E-state index in [4.69, 9.17) is 10.1 Å². The number of pyridine rings is 1. The molecule has 0 unspecified atom stereocenters. The van der Waals surface area contributed by atoms with Gasteiger partial charge in [0.15, 0.2) is 11.6 Å². The van der Waals surface area contributed by atoms with Gasteiger partial charge in [0, 0.05) is 31.3 Å². The average Bonchev–Trinajstić information content (AvgIpc) is 3.52. The van der Waals surface area contributed by atoms with Crippen LogP contribution in [0.15, 0.2) is 35.8 Å². The Morgan fingerprint density at radius 2 is 1.88 bits per heavy atom. The maximum Gasteiger partial charge on any atom is 0.303 e. The van der Waals surface area contributed by atoms with Gasteiger partial charge in [-0.05, 0) is 79.9 Å². The minimum Gasteiger partial charge on any atom is -0.481 e. The van der Waals surface area contributed by atoms with Crippen molar-refractivity contribution in [3.63, 3.8) is 0 Å². The van der Waals surface area contributed by atoms with Crippen LogP contribution in [0.1, 0.15) is 44.9 Å². The zero-order valence-corrected chi connectivity index (χ0v) is 18.9. The van der Waals surface area contributed by atoms with Crippen molar-refractivity contribution < 1.29 is 9.90 Å². The lowest BCUT2D eigenvalue weighted by molar-refractivity contribution is -0.138. The molecule has 1 aliphatic heterocycles. The van der Waals surface area contributed by atoms with Gasteiger partial charge in [-0.3, -0.25) is 9.89 Å². The molecule has 3 aromatic heterocycles. The number of carbonyl (C=O) groups is 1. The molecule has 32 heavy (non-hydrogen) atoms. The number of hydrogen-bond acceptors (Lipinski definition) is 6. The lowest BCUT2D eigenvalue weighted by Crippen LogP contribution is -2.37. The van der Waals surface area contributed by atoms with Gasteiger partial charge in [0.05, 0.1) is 4.88 Å². The molecule has 4 heterocycles. The van der Waals surface area contributed by atoms with Gasteiger partial charge in [-0.2, -0.15) is 5.10 Å². The number of piperidine rings is 1. The third-order valence-corrected chi connectivity index (χ3v) is 8.01. The molecule has 0 aromatic carbocycles. The third kappa shape index (κ3) is 4.70. The Bertz CT molecular complexity index is 1020. The maximum atomic E-state index is 11.0. The van der Waals surface area contributed by atoms with Crippen LogP contribution in [0.25, 0.3) is 22.1 Å². The molecule has 0 radical (unpaired) electrons. The van der Waals surface area contributed by atoms with E-state index in [1.165, 1.54) is 25.7 Å². The summed E-state index contributed by atoms with van der Waals surface area (Å²) in [5, 5.41) is 18.4. The van der Waals surface area contributed by atoms with Crippen molar-refractivity contribution >= 4 is 23.1 Å². The van der Waals surface area contributed by atoms with Gasteiger partial charge in [0.2, 0.25) is 0 Å².